The highest BCUT2D eigenvalue weighted by molar-refractivity contribution is 6.31. The zero-order valence-electron chi connectivity index (χ0n) is 12.3. The Kier molecular flexibility index (Phi) is 4.96. The molecule has 112 valence electrons. The fourth-order valence-corrected chi connectivity index (χ4v) is 2.67. The summed E-state index contributed by atoms with van der Waals surface area (Å²) in [6, 6.07) is 8.02. The summed E-state index contributed by atoms with van der Waals surface area (Å²) >= 11 is 6.12. The summed E-state index contributed by atoms with van der Waals surface area (Å²) in [6.07, 6.45) is 0.579. The van der Waals surface area contributed by atoms with Gasteiger partial charge in [-0.1, -0.05) is 23.7 Å². The molecule has 1 unspecified atom stereocenters. The predicted octanol–water partition coefficient (Wildman–Crippen LogP) is 4.74. The fraction of sp³-hybridized carbons (Fsp3) is 0.294. The molecule has 0 saturated carbocycles. The van der Waals surface area contributed by atoms with Crippen molar-refractivity contribution >= 4 is 11.6 Å². The van der Waals surface area contributed by atoms with Crippen molar-refractivity contribution in [3.05, 3.63) is 69.2 Å². The molecule has 0 aromatic heterocycles. The van der Waals surface area contributed by atoms with Gasteiger partial charge in [0, 0.05) is 11.1 Å². The lowest BCUT2D eigenvalue weighted by Gasteiger charge is -2.20. The molecule has 2 aromatic carbocycles. The van der Waals surface area contributed by atoms with Crippen LogP contribution in [0, 0.1) is 25.5 Å². The zero-order chi connectivity index (χ0) is 15.6. The van der Waals surface area contributed by atoms with Crippen LogP contribution in [0.15, 0.2) is 30.3 Å². The molecule has 0 bridgehead atoms. The maximum absolute atomic E-state index is 13.3. The van der Waals surface area contributed by atoms with Crippen molar-refractivity contribution in [1.82, 2.24) is 5.32 Å². The van der Waals surface area contributed by atoms with Gasteiger partial charge < -0.3 is 5.32 Å². The third-order valence-electron chi connectivity index (χ3n) is 3.70. The average molecular weight is 310 g/mol. The number of aryl methyl sites for hydroxylation is 2. The van der Waals surface area contributed by atoms with Gasteiger partial charge in [-0.05, 0) is 67.8 Å². The van der Waals surface area contributed by atoms with Crippen molar-refractivity contribution in [2.45, 2.75) is 26.3 Å². The summed E-state index contributed by atoms with van der Waals surface area (Å²) in [5, 5.41) is 3.96. The molecule has 0 aliphatic carbocycles. The minimum Gasteiger partial charge on any atom is -0.313 e. The molecule has 21 heavy (non-hydrogen) atoms. The van der Waals surface area contributed by atoms with Crippen LogP contribution in [0.25, 0.3) is 0 Å². The van der Waals surface area contributed by atoms with Crippen LogP contribution >= 0.6 is 11.6 Å². The highest BCUT2D eigenvalue weighted by Gasteiger charge is 2.15. The first-order valence-corrected chi connectivity index (χ1v) is 7.18. The molecule has 0 heterocycles. The van der Waals surface area contributed by atoms with E-state index in [0.29, 0.717) is 6.42 Å². The normalized spacial score (nSPS) is 12.5. The highest BCUT2D eigenvalue weighted by atomic mass is 35.5. The third kappa shape index (κ3) is 3.60. The van der Waals surface area contributed by atoms with Gasteiger partial charge in [-0.15, -0.1) is 0 Å². The number of nitrogens with one attached hydrogen (secondary N) is 1. The Balaban J connectivity index is 2.31. The van der Waals surface area contributed by atoms with Crippen LogP contribution in [-0.4, -0.2) is 7.05 Å². The first-order chi connectivity index (χ1) is 9.92. The third-order valence-corrected chi connectivity index (χ3v) is 4.10. The van der Waals surface area contributed by atoms with Crippen LogP contribution in [0.1, 0.15) is 28.3 Å². The molecular weight excluding hydrogens is 292 g/mol. The SMILES string of the molecule is CNC(Cc1ccc(F)c(F)c1)c1cc(C)c(Cl)cc1C. The second-order valence-electron chi connectivity index (χ2n) is 5.25. The van der Waals surface area contributed by atoms with Gasteiger partial charge in [-0.3, -0.25) is 0 Å². The first-order valence-electron chi connectivity index (χ1n) is 6.80. The number of benzene rings is 2. The summed E-state index contributed by atoms with van der Waals surface area (Å²) in [7, 11) is 1.86. The van der Waals surface area contributed by atoms with E-state index in [0.717, 1.165) is 33.3 Å². The molecule has 0 spiro atoms. The summed E-state index contributed by atoms with van der Waals surface area (Å²) in [6.45, 7) is 3.95. The van der Waals surface area contributed by atoms with E-state index in [-0.39, 0.29) is 6.04 Å². The Labute approximate surface area is 128 Å². The quantitative estimate of drug-likeness (QED) is 0.860. The largest absolute Gasteiger partial charge is 0.313 e. The lowest BCUT2D eigenvalue weighted by Crippen LogP contribution is -2.20. The van der Waals surface area contributed by atoms with E-state index in [4.69, 9.17) is 11.6 Å². The van der Waals surface area contributed by atoms with Crippen molar-refractivity contribution in [3.8, 4) is 0 Å². The lowest BCUT2D eigenvalue weighted by molar-refractivity contribution is 0.504. The van der Waals surface area contributed by atoms with Gasteiger partial charge in [0.1, 0.15) is 0 Å². The second-order valence-corrected chi connectivity index (χ2v) is 5.66. The van der Waals surface area contributed by atoms with Crippen LogP contribution < -0.4 is 5.32 Å². The molecule has 2 aromatic rings. The van der Waals surface area contributed by atoms with Crippen LogP contribution in [-0.2, 0) is 6.42 Å². The molecule has 0 radical (unpaired) electrons. The van der Waals surface area contributed by atoms with E-state index >= 15 is 0 Å². The van der Waals surface area contributed by atoms with Gasteiger partial charge in [-0.2, -0.15) is 0 Å². The molecule has 0 aliphatic heterocycles. The van der Waals surface area contributed by atoms with Crippen molar-refractivity contribution in [2.24, 2.45) is 0 Å². The predicted molar refractivity (Wildman–Crippen MR) is 82.8 cm³/mol. The van der Waals surface area contributed by atoms with Gasteiger partial charge in [0.15, 0.2) is 11.6 Å². The number of rotatable bonds is 4. The van der Waals surface area contributed by atoms with Gasteiger partial charge in [-0.25, -0.2) is 8.78 Å². The zero-order valence-corrected chi connectivity index (χ0v) is 13.1. The Hall–Kier alpha value is -1.45. The fourth-order valence-electron chi connectivity index (χ4n) is 2.45. The van der Waals surface area contributed by atoms with Gasteiger partial charge >= 0.3 is 0 Å². The number of hydrogen-bond donors (Lipinski definition) is 1. The molecule has 1 N–H and O–H groups in total. The van der Waals surface area contributed by atoms with Crippen LogP contribution in [0.4, 0.5) is 8.78 Å². The maximum Gasteiger partial charge on any atom is 0.159 e. The molecule has 2 rings (SSSR count). The van der Waals surface area contributed by atoms with Crippen LogP contribution in [0.2, 0.25) is 5.02 Å². The summed E-state index contributed by atoms with van der Waals surface area (Å²) in [5.74, 6) is -1.63. The molecule has 0 aliphatic rings. The maximum atomic E-state index is 13.3. The van der Waals surface area contributed by atoms with E-state index in [1.165, 1.54) is 6.07 Å². The molecule has 1 nitrogen and oxygen atoms in total. The smallest absolute Gasteiger partial charge is 0.159 e. The minimum absolute atomic E-state index is 0.0193. The van der Waals surface area contributed by atoms with E-state index < -0.39 is 11.6 Å². The monoisotopic (exact) mass is 309 g/mol. The summed E-state index contributed by atoms with van der Waals surface area (Å²) in [4.78, 5) is 0. The molecule has 0 saturated heterocycles. The molecule has 4 heteroatoms. The molecule has 1 atom stereocenters. The van der Waals surface area contributed by atoms with E-state index in [1.54, 1.807) is 6.07 Å². The average Bonchev–Trinajstić information content (AvgIpc) is 2.44. The Morgan fingerprint density at radius 3 is 2.38 bits per heavy atom. The molecule has 0 amide bonds. The first kappa shape index (κ1) is 15.9. The second kappa shape index (κ2) is 6.54. The topological polar surface area (TPSA) is 12.0 Å². The summed E-state index contributed by atoms with van der Waals surface area (Å²) < 4.78 is 26.3. The van der Waals surface area contributed by atoms with Crippen molar-refractivity contribution in [1.29, 1.82) is 0 Å². The van der Waals surface area contributed by atoms with Crippen molar-refractivity contribution in [3.63, 3.8) is 0 Å². The van der Waals surface area contributed by atoms with Gasteiger partial charge in [0.25, 0.3) is 0 Å². The standard InChI is InChI=1S/C17H18ClF2N/c1-10-7-14(18)11(2)6-13(10)17(21-3)9-12-4-5-15(19)16(20)8-12/h4-8,17,21H,9H2,1-3H3. The molecule has 0 fully saturated rings. The van der Waals surface area contributed by atoms with Crippen LogP contribution in [0.3, 0.4) is 0 Å². The number of halogens is 3. The van der Waals surface area contributed by atoms with Crippen molar-refractivity contribution < 1.29 is 8.78 Å². The number of hydrogen-bond acceptors (Lipinski definition) is 1. The van der Waals surface area contributed by atoms with Gasteiger partial charge in [0.05, 0.1) is 0 Å². The van der Waals surface area contributed by atoms with E-state index in [1.807, 2.05) is 33.0 Å². The van der Waals surface area contributed by atoms with Crippen molar-refractivity contribution in [2.75, 3.05) is 7.05 Å². The van der Waals surface area contributed by atoms with E-state index in [2.05, 4.69) is 5.32 Å². The Morgan fingerprint density at radius 2 is 1.76 bits per heavy atom. The van der Waals surface area contributed by atoms with Gasteiger partial charge in [0.2, 0.25) is 0 Å². The number of likely N-dealkylation sites (N-methyl/N-ethyl adjacent to an activating group) is 1. The lowest BCUT2D eigenvalue weighted by atomic mass is 9.94. The Bertz CT molecular complexity index is 655. The van der Waals surface area contributed by atoms with E-state index in [9.17, 15) is 8.78 Å². The Morgan fingerprint density at radius 1 is 1.05 bits per heavy atom. The molecular formula is C17H18ClF2N. The summed E-state index contributed by atoms with van der Waals surface area (Å²) in [5.41, 5.74) is 3.94. The minimum atomic E-state index is -0.821. The van der Waals surface area contributed by atoms with Crippen LogP contribution in [0.5, 0.6) is 0 Å². The highest BCUT2D eigenvalue weighted by Crippen LogP contribution is 2.27.